The first-order valence-electron chi connectivity index (χ1n) is 8.64. The van der Waals surface area contributed by atoms with Crippen molar-refractivity contribution in [2.75, 3.05) is 52.2 Å². The van der Waals surface area contributed by atoms with Crippen molar-refractivity contribution in [2.24, 2.45) is 0 Å². The van der Waals surface area contributed by atoms with Crippen LogP contribution in [-0.4, -0.2) is 79.3 Å². The van der Waals surface area contributed by atoms with E-state index in [1.54, 1.807) is 0 Å². The maximum absolute atomic E-state index is 12.4. The van der Waals surface area contributed by atoms with Crippen molar-refractivity contribution in [3.8, 4) is 0 Å². The maximum atomic E-state index is 12.4. The lowest BCUT2D eigenvalue weighted by atomic mass is 9.95. The van der Waals surface area contributed by atoms with E-state index in [0.29, 0.717) is 11.3 Å². The van der Waals surface area contributed by atoms with Crippen molar-refractivity contribution in [2.45, 2.75) is 43.9 Å². The summed E-state index contributed by atoms with van der Waals surface area (Å²) in [5, 5.41) is 3.86. The first-order valence-corrected chi connectivity index (χ1v) is 9.69. The van der Waals surface area contributed by atoms with E-state index in [2.05, 4.69) is 17.1 Å². The average molecular weight is 330 g/mol. The van der Waals surface area contributed by atoms with Crippen LogP contribution in [0.4, 0.5) is 4.79 Å². The Balaban J connectivity index is 1.72. The Morgan fingerprint density at radius 3 is 2.77 bits per heavy atom. The molecule has 0 aromatic heterocycles. The molecule has 128 valence electrons. The molecule has 0 aromatic carbocycles. The summed E-state index contributed by atoms with van der Waals surface area (Å²) in [6.45, 7) is 7.50. The van der Waals surface area contributed by atoms with Crippen molar-refractivity contribution in [3.63, 3.8) is 0 Å². The zero-order valence-electron chi connectivity index (χ0n) is 14.1. The summed E-state index contributed by atoms with van der Waals surface area (Å²) in [5.74, 6) is 1.13. The molecule has 1 saturated carbocycles. The molecule has 0 spiro atoms. The van der Waals surface area contributed by atoms with Crippen LogP contribution in [0.5, 0.6) is 0 Å². The smallest absolute Gasteiger partial charge is 0.317 e. The van der Waals surface area contributed by atoms with Gasteiger partial charge in [0.25, 0.3) is 0 Å². The van der Waals surface area contributed by atoms with E-state index in [-0.39, 0.29) is 6.03 Å². The van der Waals surface area contributed by atoms with E-state index in [0.717, 1.165) is 51.6 Å². The van der Waals surface area contributed by atoms with Gasteiger partial charge in [0, 0.05) is 44.5 Å². The third kappa shape index (κ3) is 5.63. The number of ether oxygens (including phenoxy) is 1. The van der Waals surface area contributed by atoms with Gasteiger partial charge in [-0.05, 0) is 18.6 Å². The van der Waals surface area contributed by atoms with Crippen LogP contribution in [0.25, 0.3) is 0 Å². The number of morpholine rings is 1. The Labute approximate surface area is 139 Å². The number of urea groups is 1. The van der Waals surface area contributed by atoms with Crippen LogP contribution in [0, 0.1) is 0 Å². The number of hydrogen-bond donors (Lipinski definition) is 1. The highest BCUT2D eigenvalue weighted by Crippen LogP contribution is 2.28. The highest BCUT2D eigenvalue weighted by molar-refractivity contribution is 7.99. The first kappa shape index (κ1) is 17.9. The molecule has 2 aliphatic rings. The Kier molecular flexibility index (Phi) is 7.83. The number of likely N-dealkylation sites (N-methyl/N-ethyl adjacent to an activating group) is 1. The monoisotopic (exact) mass is 329 g/mol. The summed E-state index contributed by atoms with van der Waals surface area (Å²) in [5.41, 5.74) is 0. The van der Waals surface area contributed by atoms with Crippen LogP contribution >= 0.6 is 11.8 Å². The summed E-state index contributed by atoms with van der Waals surface area (Å²) in [6, 6.07) is 0.430. The van der Waals surface area contributed by atoms with Crippen molar-refractivity contribution < 1.29 is 9.53 Å². The molecule has 6 heteroatoms. The Bertz CT molecular complexity index is 335. The number of carbonyl (C=O) groups excluding carboxylic acids is 1. The van der Waals surface area contributed by atoms with Crippen molar-refractivity contribution >= 4 is 17.8 Å². The molecule has 2 rings (SSSR count). The van der Waals surface area contributed by atoms with Crippen LogP contribution in [-0.2, 0) is 4.74 Å². The van der Waals surface area contributed by atoms with Crippen LogP contribution in [0.15, 0.2) is 0 Å². The molecule has 1 heterocycles. The Morgan fingerprint density at radius 2 is 2.05 bits per heavy atom. The number of rotatable bonds is 6. The van der Waals surface area contributed by atoms with Gasteiger partial charge in [0.05, 0.1) is 13.2 Å². The van der Waals surface area contributed by atoms with Crippen molar-refractivity contribution in [1.82, 2.24) is 15.1 Å². The van der Waals surface area contributed by atoms with Gasteiger partial charge in [0.1, 0.15) is 0 Å². The predicted molar refractivity (Wildman–Crippen MR) is 92.6 cm³/mol. The van der Waals surface area contributed by atoms with Gasteiger partial charge in [0.2, 0.25) is 0 Å². The summed E-state index contributed by atoms with van der Waals surface area (Å²) < 4.78 is 5.35. The average Bonchev–Trinajstić information content (AvgIpc) is 2.55. The number of nitrogens with zero attached hydrogens (tertiary/aromatic N) is 2. The predicted octanol–water partition coefficient (Wildman–Crippen LogP) is 2.02. The van der Waals surface area contributed by atoms with Gasteiger partial charge in [-0.2, -0.15) is 11.8 Å². The van der Waals surface area contributed by atoms with E-state index in [4.69, 9.17) is 4.74 Å². The quantitative estimate of drug-likeness (QED) is 0.810. The fourth-order valence-corrected chi connectivity index (χ4v) is 4.36. The molecule has 2 fully saturated rings. The molecule has 1 saturated heterocycles. The second-order valence-corrected chi connectivity index (χ2v) is 7.73. The van der Waals surface area contributed by atoms with Crippen LogP contribution < -0.4 is 5.32 Å². The zero-order valence-corrected chi connectivity index (χ0v) is 14.9. The largest absolute Gasteiger partial charge is 0.379 e. The number of thioether (sulfide) groups is 1. The van der Waals surface area contributed by atoms with Crippen LogP contribution in [0.2, 0.25) is 0 Å². The molecular formula is C16H31N3O2S. The van der Waals surface area contributed by atoms with Gasteiger partial charge >= 0.3 is 6.03 Å². The minimum absolute atomic E-state index is 0.0851. The summed E-state index contributed by atoms with van der Waals surface area (Å²) >= 11 is 1.99. The molecular weight excluding hydrogens is 298 g/mol. The number of hydrogen-bond acceptors (Lipinski definition) is 4. The second-order valence-electron chi connectivity index (χ2n) is 6.21. The fourth-order valence-electron chi connectivity index (χ4n) is 3.16. The van der Waals surface area contributed by atoms with Gasteiger partial charge in [-0.1, -0.05) is 19.8 Å². The fraction of sp³-hybridized carbons (Fsp3) is 0.938. The van der Waals surface area contributed by atoms with Crippen LogP contribution in [0.3, 0.4) is 0 Å². The highest BCUT2D eigenvalue weighted by Gasteiger charge is 2.27. The molecule has 5 nitrogen and oxygen atoms in total. The van der Waals surface area contributed by atoms with E-state index in [1.807, 2.05) is 23.7 Å². The second kappa shape index (κ2) is 9.63. The minimum Gasteiger partial charge on any atom is -0.379 e. The summed E-state index contributed by atoms with van der Waals surface area (Å²) in [7, 11) is 1.90. The van der Waals surface area contributed by atoms with Crippen molar-refractivity contribution in [3.05, 3.63) is 0 Å². The molecule has 22 heavy (non-hydrogen) atoms. The van der Waals surface area contributed by atoms with Gasteiger partial charge < -0.3 is 15.0 Å². The van der Waals surface area contributed by atoms with Gasteiger partial charge in [-0.25, -0.2) is 4.79 Å². The lowest BCUT2D eigenvalue weighted by molar-refractivity contribution is 0.0356. The first-order chi connectivity index (χ1) is 10.7. The summed E-state index contributed by atoms with van der Waals surface area (Å²) in [4.78, 5) is 16.6. The van der Waals surface area contributed by atoms with Crippen LogP contribution in [0.1, 0.15) is 32.6 Å². The normalized spacial score (nSPS) is 26.6. The zero-order chi connectivity index (χ0) is 15.8. The highest BCUT2D eigenvalue weighted by atomic mass is 32.2. The standard InChI is InChI=1S/C16H31N3O2S/c1-3-22-15-7-5-4-6-14(15)17-16(20)18(2)8-9-19-10-12-21-13-11-19/h14-15H,3-13H2,1-2H3,(H,17,20)/t14-,15-/m1/s1. The van der Waals surface area contributed by atoms with E-state index in [9.17, 15) is 4.79 Å². The van der Waals surface area contributed by atoms with E-state index >= 15 is 0 Å². The van der Waals surface area contributed by atoms with Crippen molar-refractivity contribution in [1.29, 1.82) is 0 Å². The molecule has 2 atom stereocenters. The van der Waals surface area contributed by atoms with E-state index in [1.165, 1.54) is 19.3 Å². The maximum Gasteiger partial charge on any atom is 0.317 e. The molecule has 0 bridgehead atoms. The van der Waals surface area contributed by atoms with Gasteiger partial charge in [-0.3, -0.25) is 4.90 Å². The summed E-state index contributed by atoms with van der Waals surface area (Å²) in [6.07, 6.45) is 4.90. The number of carbonyl (C=O) groups is 1. The Morgan fingerprint density at radius 1 is 1.32 bits per heavy atom. The van der Waals surface area contributed by atoms with Gasteiger partial charge in [-0.15, -0.1) is 0 Å². The molecule has 0 aromatic rings. The lowest BCUT2D eigenvalue weighted by Crippen LogP contribution is -2.50. The van der Waals surface area contributed by atoms with Gasteiger partial charge in [0.15, 0.2) is 0 Å². The molecule has 1 aliphatic carbocycles. The molecule has 1 aliphatic heterocycles. The number of amides is 2. The molecule has 0 radical (unpaired) electrons. The van der Waals surface area contributed by atoms with E-state index < -0.39 is 0 Å². The third-order valence-corrected chi connectivity index (χ3v) is 5.92. The minimum atomic E-state index is 0.0851. The SMILES string of the molecule is CCS[C@@H]1CCCC[C@H]1NC(=O)N(C)CCN1CCOCC1. The number of nitrogens with one attached hydrogen (secondary N) is 1. The third-order valence-electron chi connectivity index (χ3n) is 4.59. The molecule has 0 unspecified atom stereocenters. The molecule has 1 N–H and O–H groups in total. The topological polar surface area (TPSA) is 44.8 Å². The Hall–Kier alpha value is -0.460. The lowest BCUT2D eigenvalue weighted by Gasteiger charge is -2.33. The molecule has 2 amide bonds.